The molecule has 8 heteroatoms. The van der Waals surface area contributed by atoms with E-state index >= 15 is 0 Å². The minimum absolute atomic E-state index is 0.158. The number of esters is 1. The largest absolute Gasteiger partial charge is 0.768 e. The van der Waals surface area contributed by atoms with E-state index in [1.165, 1.54) is 0 Å². The lowest BCUT2D eigenvalue weighted by atomic mass is 9.98. The van der Waals surface area contributed by atoms with Crippen LogP contribution in [0, 0.1) is 5.92 Å². The Morgan fingerprint density at radius 3 is 2.56 bits per heavy atom. The van der Waals surface area contributed by atoms with Crippen LogP contribution >= 0.6 is 11.3 Å². The lowest BCUT2D eigenvalue weighted by Gasteiger charge is -2.16. The van der Waals surface area contributed by atoms with Crippen molar-refractivity contribution in [2.75, 3.05) is 13.2 Å². The minimum Gasteiger partial charge on any atom is -0.768 e. The van der Waals surface area contributed by atoms with Gasteiger partial charge in [-0.05, 0) is 47.4 Å². The Kier molecular flexibility index (Phi) is 8.62. The Morgan fingerprint density at radius 2 is 2.00 bits per heavy atom. The lowest BCUT2D eigenvalue weighted by Crippen LogP contribution is -2.23. The van der Waals surface area contributed by atoms with Crippen LogP contribution in [0.1, 0.15) is 67.3 Å². The molecular weight excluding hydrogens is 446 g/mol. The van der Waals surface area contributed by atoms with Crippen molar-refractivity contribution in [1.82, 2.24) is 4.90 Å². The molecule has 1 unspecified atom stereocenters. The number of rotatable bonds is 10. The first-order valence-corrected chi connectivity index (χ1v) is 13.0. The second-order valence-electron chi connectivity index (χ2n) is 8.50. The Bertz CT molecular complexity index is 981. The number of hydrogen-bond donors (Lipinski definition) is 0. The zero-order chi connectivity index (χ0) is 23.3. The number of thiophene rings is 1. The molecule has 32 heavy (non-hydrogen) atoms. The smallest absolute Gasteiger partial charge is 0.339 e. The van der Waals surface area contributed by atoms with Gasteiger partial charge in [-0.2, -0.15) is 0 Å². The predicted octanol–water partition coefficient (Wildman–Crippen LogP) is 4.93. The molecular formula is C24H30NO5S2-. The molecule has 1 fully saturated rings. The van der Waals surface area contributed by atoms with Crippen LogP contribution in [-0.2, 0) is 33.6 Å². The molecule has 0 spiro atoms. The van der Waals surface area contributed by atoms with Gasteiger partial charge in [-0.15, -0.1) is 11.3 Å². The Morgan fingerprint density at radius 1 is 1.28 bits per heavy atom. The fourth-order valence-electron chi connectivity index (χ4n) is 3.82. The fourth-order valence-corrected chi connectivity index (χ4v) is 6.03. The first-order chi connectivity index (χ1) is 15.3. The van der Waals surface area contributed by atoms with Crippen LogP contribution in [0.2, 0.25) is 0 Å². The van der Waals surface area contributed by atoms with Gasteiger partial charge in [0.25, 0.3) is 0 Å². The van der Waals surface area contributed by atoms with Crippen LogP contribution in [0.15, 0.2) is 28.5 Å². The summed E-state index contributed by atoms with van der Waals surface area (Å²) >= 11 is -1.33. The third kappa shape index (κ3) is 5.85. The van der Waals surface area contributed by atoms with Crippen molar-refractivity contribution in [2.24, 2.45) is 5.92 Å². The number of amides is 1. The number of carbonyl (C=O) groups is 2. The van der Waals surface area contributed by atoms with Crippen molar-refractivity contribution in [3.63, 3.8) is 0 Å². The van der Waals surface area contributed by atoms with Gasteiger partial charge in [0.1, 0.15) is 0 Å². The standard InChI is InChI=1S/C24H31NO5S2/c1-4-5-13-30-23(27)22-19(14-16(2)3)31-24(32(28)29)21(22)18-10-8-17(9-11-18)15-25-12-6-7-20(25)26/h8-11,16H,4-7,12-15H2,1-3H3,(H,28,29)/p-1. The van der Waals surface area contributed by atoms with E-state index in [2.05, 4.69) is 0 Å². The molecule has 174 valence electrons. The summed E-state index contributed by atoms with van der Waals surface area (Å²) in [5.74, 6) is -0.0489. The Hall–Kier alpha value is -2.03. The van der Waals surface area contributed by atoms with E-state index < -0.39 is 17.0 Å². The van der Waals surface area contributed by atoms with Crippen molar-refractivity contribution in [2.45, 2.75) is 63.6 Å². The highest BCUT2D eigenvalue weighted by Gasteiger charge is 2.27. The summed E-state index contributed by atoms with van der Waals surface area (Å²) in [6, 6.07) is 7.45. The summed E-state index contributed by atoms with van der Waals surface area (Å²) in [6.45, 7) is 7.69. The molecule has 0 aliphatic carbocycles. The maximum atomic E-state index is 13.0. The summed E-state index contributed by atoms with van der Waals surface area (Å²) in [5, 5.41) is 0. The number of ether oxygens (including phenoxy) is 1. The molecule has 2 aromatic rings. The molecule has 0 saturated carbocycles. The maximum Gasteiger partial charge on any atom is 0.339 e. The summed E-state index contributed by atoms with van der Waals surface area (Å²) in [7, 11) is 0. The minimum atomic E-state index is -2.48. The van der Waals surface area contributed by atoms with E-state index in [0.29, 0.717) is 42.7 Å². The fraction of sp³-hybridized carbons (Fsp3) is 0.500. The second-order valence-corrected chi connectivity index (χ2v) is 10.7. The van der Waals surface area contributed by atoms with Crippen molar-refractivity contribution < 1.29 is 23.1 Å². The lowest BCUT2D eigenvalue weighted by molar-refractivity contribution is -0.128. The van der Waals surface area contributed by atoms with Gasteiger partial charge in [0.2, 0.25) is 5.91 Å². The summed E-state index contributed by atoms with van der Waals surface area (Å²) < 4.78 is 29.8. The van der Waals surface area contributed by atoms with Crippen molar-refractivity contribution in [3.8, 4) is 11.1 Å². The van der Waals surface area contributed by atoms with Gasteiger partial charge in [0.05, 0.1) is 16.4 Å². The van der Waals surface area contributed by atoms with Crippen molar-refractivity contribution >= 4 is 34.3 Å². The summed E-state index contributed by atoms with van der Waals surface area (Å²) in [6.07, 6.45) is 3.73. The molecule has 1 aromatic heterocycles. The van der Waals surface area contributed by atoms with Gasteiger partial charge in [-0.3, -0.25) is 9.00 Å². The Balaban J connectivity index is 1.98. The van der Waals surface area contributed by atoms with E-state index in [-0.39, 0.29) is 16.0 Å². The highest BCUT2D eigenvalue weighted by molar-refractivity contribution is 7.82. The van der Waals surface area contributed by atoms with Gasteiger partial charge in [0, 0.05) is 30.0 Å². The molecule has 1 aliphatic rings. The summed E-state index contributed by atoms with van der Waals surface area (Å²) in [5.41, 5.74) is 2.42. The monoisotopic (exact) mass is 476 g/mol. The van der Waals surface area contributed by atoms with E-state index in [9.17, 15) is 18.4 Å². The summed E-state index contributed by atoms with van der Waals surface area (Å²) in [4.78, 5) is 27.5. The van der Waals surface area contributed by atoms with E-state index in [1.807, 2.05) is 49.9 Å². The molecule has 1 aromatic carbocycles. The molecule has 6 nitrogen and oxygen atoms in total. The highest BCUT2D eigenvalue weighted by Crippen LogP contribution is 2.40. The molecule has 1 amide bonds. The molecule has 1 aliphatic heterocycles. The zero-order valence-electron chi connectivity index (χ0n) is 18.8. The van der Waals surface area contributed by atoms with E-state index in [1.54, 1.807) is 0 Å². The van der Waals surface area contributed by atoms with E-state index in [0.717, 1.165) is 47.6 Å². The average molecular weight is 477 g/mol. The average Bonchev–Trinajstić information content (AvgIpc) is 3.32. The molecule has 0 bridgehead atoms. The number of likely N-dealkylation sites (tertiary alicyclic amines) is 1. The first kappa shape index (κ1) is 24.6. The molecule has 2 heterocycles. The van der Waals surface area contributed by atoms with Crippen LogP contribution in [-0.4, -0.2) is 38.7 Å². The van der Waals surface area contributed by atoms with Crippen LogP contribution in [0.3, 0.4) is 0 Å². The van der Waals surface area contributed by atoms with Crippen molar-refractivity contribution in [1.29, 1.82) is 0 Å². The molecule has 1 saturated heterocycles. The number of carbonyl (C=O) groups excluding carboxylic acids is 2. The van der Waals surface area contributed by atoms with Crippen molar-refractivity contribution in [3.05, 3.63) is 40.3 Å². The third-order valence-corrected chi connectivity index (χ3v) is 7.59. The SMILES string of the molecule is CCCCOC(=O)c1c(CC(C)C)sc(S(=O)[O-])c1-c1ccc(CN2CCCC2=O)cc1. The third-order valence-electron chi connectivity index (χ3n) is 5.42. The first-order valence-electron chi connectivity index (χ1n) is 11.1. The number of hydrogen-bond acceptors (Lipinski definition) is 6. The predicted molar refractivity (Wildman–Crippen MR) is 125 cm³/mol. The van der Waals surface area contributed by atoms with Gasteiger partial charge in [-0.1, -0.05) is 51.5 Å². The quantitative estimate of drug-likeness (QED) is 0.276. The Labute approximate surface area is 196 Å². The molecule has 0 N–H and O–H groups in total. The number of unbranched alkanes of at least 4 members (excludes halogenated alkanes) is 1. The van der Waals surface area contributed by atoms with Gasteiger partial charge in [0.15, 0.2) is 0 Å². The van der Waals surface area contributed by atoms with E-state index in [4.69, 9.17) is 4.74 Å². The van der Waals surface area contributed by atoms with Crippen LogP contribution < -0.4 is 0 Å². The molecule has 3 rings (SSSR count). The topological polar surface area (TPSA) is 86.7 Å². The van der Waals surface area contributed by atoms with Gasteiger partial charge < -0.3 is 14.2 Å². The maximum absolute atomic E-state index is 13.0. The number of benzene rings is 1. The van der Waals surface area contributed by atoms with Gasteiger partial charge in [-0.25, -0.2) is 4.79 Å². The normalized spacial score (nSPS) is 14.9. The molecule has 1 atom stereocenters. The van der Waals surface area contributed by atoms with Crippen LogP contribution in [0.25, 0.3) is 11.1 Å². The van der Waals surface area contributed by atoms with Crippen LogP contribution in [0.5, 0.6) is 0 Å². The zero-order valence-corrected chi connectivity index (χ0v) is 20.5. The highest BCUT2D eigenvalue weighted by atomic mass is 32.2. The van der Waals surface area contributed by atoms with Gasteiger partial charge >= 0.3 is 5.97 Å². The number of nitrogens with zero attached hydrogens (tertiary/aromatic N) is 1. The molecule has 0 radical (unpaired) electrons. The second kappa shape index (κ2) is 11.2. The van der Waals surface area contributed by atoms with Crippen LogP contribution in [0.4, 0.5) is 0 Å².